The van der Waals surface area contributed by atoms with Gasteiger partial charge in [0.1, 0.15) is 0 Å². The van der Waals surface area contributed by atoms with E-state index in [9.17, 15) is 0 Å². The minimum absolute atomic E-state index is 0. The van der Waals surface area contributed by atoms with Crippen molar-refractivity contribution in [2.75, 3.05) is 20.1 Å². The van der Waals surface area contributed by atoms with Crippen LogP contribution in [0.15, 0.2) is 0 Å². The van der Waals surface area contributed by atoms with Crippen LogP contribution in [0.3, 0.4) is 0 Å². The van der Waals surface area contributed by atoms with E-state index in [4.69, 9.17) is 0 Å². The third kappa shape index (κ3) is 5.46. The predicted molar refractivity (Wildman–Crippen MR) is 36.8 cm³/mol. The Bertz CT molecular complexity index is 55.0. The van der Waals surface area contributed by atoms with Crippen molar-refractivity contribution in [2.24, 2.45) is 0 Å². The standard InChI is InChI=1S/C6H12N.ClH.Mg/c1-7-5-3-2-4-6-7;;/h2H,3-6H2,1H3;1H;/q-1;;+2/p-1. The summed E-state index contributed by atoms with van der Waals surface area (Å²) in [5.74, 6) is 0. The molecule has 3 heteroatoms. The number of nitrogens with zero attached hydrogens (tertiary/aromatic N) is 1. The van der Waals surface area contributed by atoms with Crippen LogP contribution < -0.4 is 12.4 Å². The number of hydrogen-bond acceptors (Lipinski definition) is 1. The summed E-state index contributed by atoms with van der Waals surface area (Å²) in [7, 11) is 2.17. The molecular formula is C6H12ClMgN. The third-order valence-corrected chi connectivity index (χ3v) is 1.43. The molecule has 1 aliphatic heterocycles. The predicted octanol–water partition coefficient (Wildman–Crippen LogP) is -2.46. The van der Waals surface area contributed by atoms with Crippen molar-refractivity contribution in [1.29, 1.82) is 0 Å². The Morgan fingerprint density at radius 2 is 1.67 bits per heavy atom. The molecule has 0 radical (unpaired) electrons. The molecule has 0 aromatic carbocycles. The Labute approximate surface area is 79.7 Å². The average molecular weight is 158 g/mol. The quantitative estimate of drug-likeness (QED) is 0.279. The molecule has 0 bridgehead atoms. The maximum atomic E-state index is 2.36. The van der Waals surface area contributed by atoms with E-state index in [0.29, 0.717) is 0 Å². The summed E-state index contributed by atoms with van der Waals surface area (Å²) in [5, 5.41) is 0. The molecule has 1 fully saturated rings. The Balaban J connectivity index is 0. The van der Waals surface area contributed by atoms with Crippen molar-refractivity contribution < 1.29 is 12.4 Å². The molecule has 50 valence electrons. The van der Waals surface area contributed by atoms with Gasteiger partial charge in [0.05, 0.1) is 0 Å². The molecular weight excluding hydrogens is 146 g/mol. The molecule has 0 saturated carbocycles. The number of hydrogen-bond donors (Lipinski definition) is 0. The normalized spacial score (nSPS) is 19.7. The van der Waals surface area contributed by atoms with Crippen LogP contribution in [0, 0.1) is 6.42 Å². The molecule has 1 nitrogen and oxygen atoms in total. The summed E-state index contributed by atoms with van der Waals surface area (Å²) in [5.41, 5.74) is 0. The minimum atomic E-state index is 0. The number of likely N-dealkylation sites (tertiary alicyclic amines) is 1. The molecule has 0 amide bonds. The van der Waals surface area contributed by atoms with Crippen molar-refractivity contribution in [3.8, 4) is 0 Å². The number of halogens is 1. The van der Waals surface area contributed by atoms with Crippen molar-refractivity contribution >= 4 is 23.1 Å². The maximum Gasteiger partial charge on any atom is 2.00 e. The van der Waals surface area contributed by atoms with Crippen LogP contribution in [-0.4, -0.2) is 48.1 Å². The molecule has 1 aliphatic rings. The first kappa shape index (κ1) is 12.7. The Morgan fingerprint density at radius 1 is 1.22 bits per heavy atom. The van der Waals surface area contributed by atoms with Crippen LogP contribution >= 0.6 is 0 Å². The summed E-state index contributed by atoms with van der Waals surface area (Å²) in [6.45, 7) is 2.53. The largest absolute Gasteiger partial charge is 2.00 e. The van der Waals surface area contributed by atoms with Gasteiger partial charge in [-0.25, -0.2) is 0 Å². The summed E-state index contributed by atoms with van der Waals surface area (Å²) < 4.78 is 0. The van der Waals surface area contributed by atoms with E-state index in [1.54, 1.807) is 0 Å². The van der Waals surface area contributed by atoms with E-state index >= 15 is 0 Å². The molecule has 0 aromatic heterocycles. The van der Waals surface area contributed by atoms with Crippen LogP contribution in [0.4, 0.5) is 0 Å². The van der Waals surface area contributed by atoms with E-state index in [1.807, 2.05) is 0 Å². The van der Waals surface area contributed by atoms with Gasteiger partial charge in [-0.05, 0) is 20.1 Å². The van der Waals surface area contributed by atoms with E-state index in [1.165, 1.54) is 25.9 Å². The fourth-order valence-electron chi connectivity index (χ4n) is 0.879. The van der Waals surface area contributed by atoms with Crippen molar-refractivity contribution in [2.45, 2.75) is 12.8 Å². The van der Waals surface area contributed by atoms with E-state index < -0.39 is 0 Å². The van der Waals surface area contributed by atoms with Gasteiger partial charge in [-0.15, -0.1) is 0 Å². The molecule has 1 rings (SSSR count). The monoisotopic (exact) mass is 157 g/mol. The number of piperidine rings is 1. The van der Waals surface area contributed by atoms with Gasteiger partial charge in [0.2, 0.25) is 0 Å². The smallest absolute Gasteiger partial charge is 1.00 e. The summed E-state index contributed by atoms with van der Waals surface area (Å²) in [6.07, 6.45) is 4.94. The fraction of sp³-hybridized carbons (Fsp3) is 0.833. The minimum Gasteiger partial charge on any atom is -1.00 e. The molecule has 0 aromatic rings. The average Bonchev–Trinajstić information content (AvgIpc) is 1.69. The molecule has 0 atom stereocenters. The second-order valence-corrected chi connectivity index (χ2v) is 2.17. The molecule has 0 N–H and O–H groups in total. The van der Waals surface area contributed by atoms with Crippen LogP contribution in [0.1, 0.15) is 12.8 Å². The maximum absolute atomic E-state index is 2.36. The van der Waals surface area contributed by atoms with Gasteiger partial charge in [0, 0.05) is 0 Å². The van der Waals surface area contributed by atoms with E-state index in [2.05, 4.69) is 18.4 Å². The topological polar surface area (TPSA) is 3.24 Å². The summed E-state index contributed by atoms with van der Waals surface area (Å²) in [4.78, 5) is 2.36. The second kappa shape index (κ2) is 7.13. The fourth-order valence-corrected chi connectivity index (χ4v) is 0.879. The molecule has 0 aliphatic carbocycles. The van der Waals surface area contributed by atoms with Crippen LogP contribution in [0.2, 0.25) is 0 Å². The second-order valence-electron chi connectivity index (χ2n) is 2.17. The van der Waals surface area contributed by atoms with Crippen molar-refractivity contribution in [3.05, 3.63) is 6.42 Å². The summed E-state index contributed by atoms with van der Waals surface area (Å²) in [6, 6.07) is 0. The van der Waals surface area contributed by atoms with Gasteiger partial charge in [0.25, 0.3) is 0 Å². The SMILES string of the molecule is CN1CC[CH-]CC1.[Cl-].[Mg+2]. The first-order valence-corrected chi connectivity index (χ1v) is 2.90. The zero-order chi connectivity index (χ0) is 5.11. The Hall–Kier alpha value is 1.02. The zero-order valence-corrected chi connectivity index (χ0v) is 8.11. The van der Waals surface area contributed by atoms with E-state index in [-0.39, 0.29) is 35.5 Å². The Kier molecular flexibility index (Phi) is 10.0. The van der Waals surface area contributed by atoms with Gasteiger partial charge in [-0.1, -0.05) is 0 Å². The van der Waals surface area contributed by atoms with Crippen LogP contribution in [-0.2, 0) is 0 Å². The number of rotatable bonds is 0. The van der Waals surface area contributed by atoms with Crippen LogP contribution in [0.5, 0.6) is 0 Å². The first-order chi connectivity index (χ1) is 3.39. The molecule has 0 spiro atoms. The molecule has 9 heavy (non-hydrogen) atoms. The van der Waals surface area contributed by atoms with Gasteiger partial charge >= 0.3 is 23.1 Å². The molecule has 1 heterocycles. The van der Waals surface area contributed by atoms with E-state index in [0.717, 1.165) is 0 Å². The van der Waals surface area contributed by atoms with Gasteiger partial charge < -0.3 is 23.7 Å². The van der Waals surface area contributed by atoms with Gasteiger partial charge in [0.15, 0.2) is 0 Å². The van der Waals surface area contributed by atoms with Gasteiger partial charge in [-0.3, -0.25) is 0 Å². The molecule has 1 saturated heterocycles. The Morgan fingerprint density at radius 3 is 1.89 bits per heavy atom. The zero-order valence-electron chi connectivity index (χ0n) is 5.94. The van der Waals surface area contributed by atoms with Gasteiger partial charge in [-0.2, -0.15) is 12.8 Å². The first-order valence-electron chi connectivity index (χ1n) is 2.90. The summed E-state index contributed by atoms with van der Waals surface area (Å²) >= 11 is 0. The molecule has 0 unspecified atom stereocenters. The van der Waals surface area contributed by atoms with Crippen molar-refractivity contribution in [1.82, 2.24) is 4.90 Å². The third-order valence-electron chi connectivity index (χ3n) is 1.43. The van der Waals surface area contributed by atoms with Crippen molar-refractivity contribution in [3.63, 3.8) is 0 Å². The van der Waals surface area contributed by atoms with Crippen LogP contribution in [0.25, 0.3) is 0 Å².